The summed E-state index contributed by atoms with van der Waals surface area (Å²) in [6, 6.07) is 0.606. The molecular weight excluding hydrogens is 316 g/mol. The lowest BCUT2D eigenvalue weighted by Gasteiger charge is -2.09. The third kappa shape index (κ3) is 13.4. The summed E-state index contributed by atoms with van der Waals surface area (Å²) in [7, 11) is 0. The lowest BCUT2D eigenvalue weighted by Crippen LogP contribution is -2.29. The Kier molecular flexibility index (Phi) is 15.8. The Morgan fingerprint density at radius 2 is 1.35 bits per heavy atom. The van der Waals surface area contributed by atoms with E-state index in [0.717, 1.165) is 13.0 Å². The largest absolute Gasteiger partial charge is 0.369 e. The Labute approximate surface area is 164 Å². The predicted octanol–water partition coefficient (Wildman–Crippen LogP) is 7.58. The Morgan fingerprint density at radius 1 is 0.769 bits per heavy atom. The minimum atomic E-state index is 0.606. The summed E-state index contributed by atoms with van der Waals surface area (Å²) in [5, 5.41) is 3.57. The first-order valence-electron chi connectivity index (χ1n) is 11.8. The molecule has 1 N–H and O–H groups in total. The molecule has 1 unspecified atom stereocenters. The third-order valence-electron chi connectivity index (χ3n) is 5.48. The van der Waals surface area contributed by atoms with Gasteiger partial charge in [0.1, 0.15) is 5.84 Å². The molecule has 0 radical (unpaired) electrons. The second kappa shape index (κ2) is 17.6. The minimum Gasteiger partial charge on any atom is -0.369 e. The monoisotopic (exact) mass is 362 g/mol. The zero-order valence-corrected chi connectivity index (χ0v) is 17.9. The quantitative estimate of drug-likeness (QED) is 0.197. The van der Waals surface area contributed by atoms with Crippen LogP contribution in [0.1, 0.15) is 123 Å². The van der Waals surface area contributed by atoms with Gasteiger partial charge in [0.05, 0.1) is 6.54 Å². The van der Waals surface area contributed by atoms with Crippen LogP contribution in [0.15, 0.2) is 17.1 Å². The standard InChI is InChI=1S/C24H46N2/c1-3-5-7-8-9-10-11-12-13-14-15-16-17-18-19-21-24-25-22-23(26-24)20-6-4-2/h18-19,23H,3-17,20-22H2,1-2H3,(H,25,26). The fourth-order valence-corrected chi connectivity index (χ4v) is 3.70. The fourth-order valence-electron chi connectivity index (χ4n) is 3.70. The summed E-state index contributed by atoms with van der Waals surface area (Å²) in [4.78, 5) is 4.63. The van der Waals surface area contributed by atoms with Crippen LogP contribution >= 0.6 is 0 Å². The normalized spacial score (nSPS) is 17.0. The van der Waals surface area contributed by atoms with E-state index in [-0.39, 0.29) is 0 Å². The maximum absolute atomic E-state index is 4.63. The van der Waals surface area contributed by atoms with Gasteiger partial charge in [0.2, 0.25) is 0 Å². The number of amidine groups is 1. The number of nitrogens with one attached hydrogen (secondary N) is 1. The summed E-state index contributed by atoms with van der Waals surface area (Å²) < 4.78 is 0. The molecule has 1 aliphatic heterocycles. The maximum Gasteiger partial charge on any atom is 0.100 e. The van der Waals surface area contributed by atoms with E-state index >= 15 is 0 Å². The molecule has 0 aromatic rings. The molecule has 0 bridgehead atoms. The van der Waals surface area contributed by atoms with E-state index in [9.17, 15) is 0 Å². The maximum atomic E-state index is 4.63. The molecule has 0 fully saturated rings. The highest BCUT2D eigenvalue weighted by Gasteiger charge is 2.14. The fraction of sp³-hybridized carbons (Fsp3) is 0.875. The van der Waals surface area contributed by atoms with Crippen LogP contribution in [0, 0.1) is 0 Å². The van der Waals surface area contributed by atoms with Crippen molar-refractivity contribution in [3.8, 4) is 0 Å². The molecular formula is C24H46N2. The number of hydrogen-bond donors (Lipinski definition) is 1. The first-order valence-corrected chi connectivity index (χ1v) is 11.8. The third-order valence-corrected chi connectivity index (χ3v) is 5.48. The molecule has 0 amide bonds. The van der Waals surface area contributed by atoms with Crippen LogP contribution in [0.25, 0.3) is 0 Å². The molecule has 152 valence electrons. The summed E-state index contributed by atoms with van der Waals surface area (Å²) in [6.07, 6.45) is 27.9. The van der Waals surface area contributed by atoms with Crippen molar-refractivity contribution in [3.05, 3.63) is 12.2 Å². The van der Waals surface area contributed by atoms with Crippen LogP contribution in [0.5, 0.6) is 0 Å². The van der Waals surface area contributed by atoms with E-state index in [2.05, 4.69) is 36.3 Å². The van der Waals surface area contributed by atoms with Gasteiger partial charge in [0.25, 0.3) is 0 Å². The molecule has 0 aromatic heterocycles. The van der Waals surface area contributed by atoms with Crippen molar-refractivity contribution in [1.29, 1.82) is 0 Å². The molecule has 0 saturated carbocycles. The second-order valence-electron chi connectivity index (χ2n) is 8.12. The van der Waals surface area contributed by atoms with Crippen molar-refractivity contribution in [2.45, 2.75) is 129 Å². The van der Waals surface area contributed by atoms with Crippen molar-refractivity contribution in [2.75, 3.05) is 6.54 Å². The molecule has 1 heterocycles. The first-order chi connectivity index (χ1) is 12.9. The Balaban J connectivity index is 1.80. The van der Waals surface area contributed by atoms with E-state index in [4.69, 9.17) is 0 Å². The number of nitrogens with zero attached hydrogens (tertiary/aromatic N) is 1. The molecule has 1 rings (SSSR count). The Hall–Kier alpha value is -0.790. The van der Waals surface area contributed by atoms with E-state index in [0.29, 0.717) is 6.04 Å². The molecule has 26 heavy (non-hydrogen) atoms. The lowest BCUT2D eigenvalue weighted by molar-refractivity contribution is 0.545. The van der Waals surface area contributed by atoms with Crippen LogP contribution in [0.2, 0.25) is 0 Å². The Bertz CT molecular complexity index is 359. The molecule has 2 heteroatoms. The van der Waals surface area contributed by atoms with Crippen molar-refractivity contribution in [1.82, 2.24) is 5.32 Å². The summed E-state index contributed by atoms with van der Waals surface area (Å²) >= 11 is 0. The Morgan fingerprint density at radius 3 is 1.96 bits per heavy atom. The average molecular weight is 363 g/mol. The van der Waals surface area contributed by atoms with Crippen LogP contribution in [-0.2, 0) is 0 Å². The SMILES string of the molecule is CCCCCCCCCCCCCCC=CCC1=NCC(CCCC)N1. The first kappa shape index (κ1) is 23.2. The molecule has 0 aromatic carbocycles. The van der Waals surface area contributed by atoms with E-state index < -0.39 is 0 Å². The van der Waals surface area contributed by atoms with Gasteiger partial charge in [-0.25, -0.2) is 0 Å². The molecule has 2 nitrogen and oxygen atoms in total. The smallest absolute Gasteiger partial charge is 0.100 e. The van der Waals surface area contributed by atoms with Gasteiger partial charge in [0, 0.05) is 12.5 Å². The summed E-state index contributed by atoms with van der Waals surface area (Å²) in [5.74, 6) is 1.21. The van der Waals surface area contributed by atoms with E-state index in [1.54, 1.807) is 0 Å². The predicted molar refractivity (Wildman–Crippen MR) is 118 cm³/mol. The molecule has 0 spiro atoms. The summed E-state index contributed by atoms with van der Waals surface area (Å²) in [6.45, 7) is 5.54. The van der Waals surface area contributed by atoms with Gasteiger partial charge in [-0.2, -0.15) is 0 Å². The van der Waals surface area contributed by atoms with Gasteiger partial charge in [-0.05, 0) is 19.3 Å². The number of rotatable bonds is 18. The number of unbranched alkanes of at least 4 members (excludes halogenated alkanes) is 13. The van der Waals surface area contributed by atoms with Crippen molar-refractivity contribution in [2.24, 2.45) is 4.99 Å². The van der Waals surface area contributed by atoms with Gasteiger partial charge in [-0.15, -0.1) is 0 Å². The highest BCUT2D eigenvalue weighted by atomic mass is 15.1. The second-order valence-corrected chi connectivity index (χ2v) is 8.12. The van der Waals surface area contributed by atoms with E-state index in [1.165, 1.54) is 109 Å². The van der Waals surface area contributed by atoms with Gasteiger partial charge < -0.3 is 5.32 Å². The highest BCUT2D eigenvalue weighted by Crippen LogP contribution is 2.13. The van der Waals surface area contributed by atoms with Gasteiger partial charge >= 0.3 is 0 Å². The summed E-state index contributed by atoms with van der Waals surface area (Å²) in [5.41, 5.74) is 0. The number of allylic oxidation sites excluding steroid dienone is 1. The van der Waals surface area contributed by atoms with Crippen LogP contribution in [0.3, 0.4) is 0 Å². The van der Waals surface area contributed by atoms with Crippen molar-refractivity contribution < 1.29 is 0 Å². The highest BCUT2D eigenvalue weighted by molar-refractivity contribution is 5.85. The average Bonchev–Trinajstić information content (AvgIpc) is 3.11. The van der Waals surface area contributed by atoms with Crippen molar-refractivity contribution in [3.63, 3.8) is 0 Å². The van der Waals surface area contributed by atoms with Crippen LogP contribution < -0.4 is 5.32 Å². The molecule has 1 atom stereocenters. The number of hydrogen-bond acceptors (Lipinski definition) is 2. The van der Waals surface area contributed by atoms with Crippen LogP contribution in [0.4, 0.5) is 0 Å². The topological polar surface area (TPSA) is 24.4 Å². The van der Waals surface area contributed by atoms with Crippen LogP contribution in [-0.4, -0.2) is 18.4 Å². The molecule has 1 aliphatic rings. The molecule has 0 saturated heterocycles. The van der Waals surface area contributed by atoms with Crippen molar-refractivity contribution >= 4 is 5.84 Å². The van der Waals surface area contributed by atoms with Gasteiger partial charge in [0.15, 0.2) is 0 Å². The number of aliphatic imine (C=N–C) groups is 1. The van der Waals surface area contributed by atoms with Gasteiger partial charge in [-0.3, -0.25) is 4.99 Å². The minimum absolute atomic E-state index is 0.606. The zero-order valence-electron chi connectivity index (χ0n) is 17.9. The lowest BCUT2D eigenvalue weighted by atomic mass is 10.0. The van der Waals surface area contributed by atoms with E-state index in [1.807, 2.05) is 0 Å². The molecule has 0 aliphatic carbocycles. The van der Waals surface area contributed by atoms with Gasteiger partial charge in [-0.1, -0.05) is 109 Å². The zero-order chi connectivity index (χ0) is 18.7.